The maximum absolute atomic E-state index is 14.3. The molecule has 0 unspecified atom stereocenters. The highest BCUT2D eigenvalue weighted by atomic mass is 19.1. The summed E-state index contributed by atoms with van der Waals surface area (Å²) in [6.45, 7) is 2.15. The molecule has 0 aliphatic rings. The number of carbonyl (C=O) groups excluding carboxylic acids is 1. The van der Waals surface area contributed by atoms with E-state index in [0.717, 1.165) is 16.6 Å². The molecule has 1 aromatic heterocycles. The number of aromatic carboxylic acids is 1. The molecule has 168 valence electrons. The molecule has 0 bridgehead atoms. The summed E-state index contributed by atoms with van der Waals surface area (Å²) in [6, 6.07) is 21.8. The fourth-order valence-corrected chi connectivity index (χ4v) is 3.86. The van der Waals surface area contributed by atoms with E-state index in [2.05, 4.69) is 5.32 Å². The minimum absolute atomic E-state index is 0.0207. The molecule has 34 heavy (non-hydrogen) atoms. The van der Waals surface area contributed by atoms with E-state index in [0.29, 0.717) is 17.7 Å². The molecule has 0 saturated carbocycles. The number of hydrogen-bond donors (Lipinski definition) is 2. The fourth-order valence-electron chi connectivity index (χ4n) is 3.86. The molecule has 4 aromatic rings. The van der Waals surface area contributed by atoms with Gasteiger partial charge in [0.1, 0.15) is 17.5 Å². The number of rotatable bonds is 6. The summed E-state index contributed by atoms with van der Waals surface area (Å²) in [5.74, 6) is -2.08. The molecule has 0 fully saturated rings. The average molecular weight is 453 g/mol. The van der Waals surface area contributed by atoms with Crippen molar-refractivity contribution in [3.05, 3.63) is 107 Å². The molecule has 1 heterocycles. The number of aromatic nitrogens is 1. The Labute approximate surface area is 195 Å². The van der Waals surface area contributed by atoms with Crippen LogP contribution in [0.3, 0.4) is 0 Å². The molecule has 0 radical (unpaired) electrons. The Hall–Kier alpha value is -4.70. The lowest BCUT2D eigenvalue weighted by Crippen LogP contribution is -2.14. The van der Waals surface area contributed by atoms with Crippen LogP contribution in [0, 0.1) is 24.1 Å². The van der Waals surface area contributed by atoms with Gasteiger partial charge in [0, 0.05) is 33.4 Å². The molecular weight excluding hydrogens is 433 g/mol. The monoisotopic (exact) mass is 453 g/mol. The van der Waals surface area contributed by atoms with Crippen LogP contribution in [0.15, 0.2) is 78.4 Å². The number of carboxylic acids is 1. The Morgan fingerprint density at radius 3 is 2.56 bits per heavy atom. The van der Waals surface area contributed by atoms with Gasteiger partial charge in [0.25, 0.3) is 5.91 Å². The Morgan fingerprint density at radius 2 is 1.82 bits per heavy atom. The first kappa shape index (κ1) is 22.5. The van der Waals surface area contributed by atoms with Crippen molar-refractivity contribution in [1.29, 1.82) is 5.26 Å². The molecule has 0 aliphatic heterocycles. The van der Waals surface area contributed by atoms with Gasteiger partial charge in [-0.1, -0.05) is 42.5 Å². The number of amides is 1. The third kappa shape index (κ3) is 4.43. The molecule has 2 N–H and O–H groups in total. The first-order chi connectivity index (χ1) is 16.4. The number of nitrogens with zero attached hydrogens (tertiary/aromatic N) is 2. The maximum Gasteiger partial charge on any atom is 0.335 e. The van der Waals surface area contributed by atoms with Crippen LogP contribution in [-0.2, 0) is 11.3 Å². The molecular formula is C27H20FN3O3. The molecule has 4 rings (SSSR count). The van der Waals surface area contributed by atoms with Gasteiger partial charge >= 0.3 is 5.97 Å². The first-order valence-corrected chi connectivity index (χ1v) is 10.5. The Bertz CT molecular complexity index is 1490. The Balaban J connectivity index is 1.73. The zero-order chi connectivity index (χ0) is 24.2. The van der Waals surface area contributed by atoms with E-state index < -0.39 is 11.9 Å². The highest BCUT2D eigenvalue weighted by molar-refractivity contribution is 6.11. The predicted molar refractivity (Wildman–Crippen MR) is 128 cm³/mol. The largest absolute Gasteiger partial charge is 0.478 e. The van der Waals surface area contributed by atoms with Crippen LogP contribution in [0.4, 0.5) is 10.1 Å². The van der Waals surface area contributed by atoms with Crippen molar-refractivity contribution in [1.82, 2.24) is 4.57 Å². The number of para-hydroxylation sites is 1. The second kappa shape index (κ2) is 9.43. The fraction of sp³-hybridized carbons (Fsp3) is 0.0741. The third-order valence-electron chi connectivity index (χ3n) is 5.59. The van der Waals surface area contributed by atoms with E-state index in [1.807, 2.05) is 41.8 Å². The lowest BCUT2D eigenvalue weighted by atomic mass is 10.1. The number of carboxylic acid groups (broad SMARTS) is 1. The molecule has 1 amide bonds. The molecule has 0 saturated heterocycles. The average Bonchev–Trinajstić information content (AvgIpc) is 3.09. The lowest BCUT2D eigenvalue weighted by Gasteiger charge is -2.09. The topological polar surface area (TPSA) is 95.1 Å². The van der Waals surface area contributed by atoms with Gasteiger partial charge in [0.15, 0.2) is 0 Å². The number of carbonyl (C=O) groups is 2. The first-order valence-electron chi connectivity index (χ1n) is 10.5. The van der Waals surface area contributed by atoms with E-state index in [1.165, 1.54) is 30.3 Å². The van der Waals surface area contributed by atoms with Gasteiger partial charge in [-0.2, -0.15) is 5.26 Å². The zero-order valence-electron chi connectivity index (χ0n) is 18.2. The molecule has 7 heteroatoms. The third-order valence-corrected chi connectivity index (χ3v) is 5.59. The normalized spacial score (nSPS) is 11.3. The Kier molecular flexibility index (Phi) is 6.24. The molecule has 0 spiro atoms. The van der Waals surface area contributed by atoms with E-state index >= 15 is 0 Å². The van der Waals surface area contributed by atoms with Crippen LogP contribution in [0.25, 0.3) is 17.0 Å². The summed E-state index contributed by atoms with van der Waals surface area (Å²) >= 11 is 0. The summed E-state index contributed by atoms with van der Waals surface area (Å²) < 4.78 is 16.3. The number of nitrogens with one attached hydrogen (secondary N) is 1. The minimum atomic E-state index is -1.12. The number of fused-ring (bicyclic) bond motifs is 1. The highest BCUT2D eigenvalue weighted by Gasteiger charge is 2.17. The van der Waals surface area contributed by atoms with Gasteiger partial charge in [-0.3, -0.25) is 4.79 Å². The van der Waals surface area contributed by atoms with E-state index in [1.54, 1.807) is 24.3 Å². The van der Waals surface area contributed by atoms with Gasteiger partial charge in [-0.15, -0.1) is 0 Å². The summed E-state index contributed by atoms with van der Waals surface area (Å²) in [6.07, 6.45) is 1.51. The second-order valence-corrected chi connectivity index (χ2v) is 7.70. The predicted octanol–water partition coefficient (Wildman–Crippen LogP) is 5.38. The number of anilines is 1. The summed E-state index contributed by atoms with van der Waals surface area (Å²) in [5, 5.41) is 22.2. The van der Waals surface area contributed by atoms with Gasteiger partial charge in [-0.05, 0) is 43.3 Å². The quantitative estimate of drug-likeness (QED) is 0.303. The summed E-state index contributed by atoms with van der Waals surface area (Å²) in [4.78, 5) is 24.0. The van der Waals surface area contributed by atoms with Gasteiger partial charge in [0.2, 0.25) is 0 Å². The zero-order valence-corrected chi connectivity index (χ0v) is 18.2. The van der Waals surface area contributed by atoms with Crippen LogP contribution in [0.1, 0.15) is 27.2 Å². The number of nitriles is 1. The second-order valence-electron chi connectivity index (χ2n) is 7.70. The van der Waals surface area contributed by atoms with Gasteiger partial charge < -0.3 is 15.0 Å². The lowest BCUT2D eigenvalue weighted by molar-refractivity contribution is -0.112. The minimum Gasteiger partial charge on any atom is -0.478 e. The van der Waals surface area contributed by atoms with Crippen LogP contribution in [0.2, 0.25) is 0 Å². The van der Waals surface area contributed by atoms with Crippen molar-refractivity contribution in [2.45, 2.75) is 13.5 Å². The number of benzene rings is 3. The van der Waals surface area contributed by atoms with E-state index in [4.69, 9.17) is 5.11 Å². The van der Waals surface area contributed by atoms with Gasteiger partial charge in [0.05, 0.1) is 12.1 Å². The van der Waals surface area contributed by atoms with Crippen molar-refractivity contribution in [3.8, 4) is 6.07 Å². The van der Waals surface area contributed by atoms with Crippen molar-refractivity contribution in [3.63, 3.8) is 0 Å². The maximum atomic E-state index is 14.3. The highest BCUT2D eigenvalue weighted by Crippen LogP contribution is 2.29. The standard InChI is InChI=1S/C27H20FN3O3/c1-17-23(14-20(15-29)26(32)30-21-9-6-8-18(13-21)27(33)34)22-10-3-5-12-25(22)31(17)16-19-7-2-4-11-24(19)28/h2-14H,16H2,1H3,(H,30,32)(H,33,34)/b20-14-. The van der Waals surface area contributed by atoms with Crippen molar-refractivity contribution >= 4 is 34.5 Å². The van der Waals surface area contributed by atoms with Crippen LogP contribution >= 0.6 is 0 Å². The number of hydrogen-bond acceptors (Lipinski definition) is 3. The van der Waals surface area contributed by atoms with Crippen LogP contribution in [-0.4, -0.2) is 21.6 Å². The van der Waals surface area contributed by atoms with Crippen molar-refractivity contribution in [2.75, 3.05) is 5.32 Å². The van der Waals surface area contributed by atoms with E-state index in [-0.39, 0.29) is 22.6 Å². The van der Waals surface area contributed by atoms with Crippen molar-refractivity contribution in [2.24, 2.45) is 0 Å². The SMILES string of the molecule is Cc1c(/C=C(/C#N)C(=O)Nc2cccc(C(=O)O)c2)c2ccccc2n1Cc1ccccc1F. The molecule has 0 atom stereocenters. The summed E-state index contributed by atoms with van der Waals surface area (Å²) in [5.41, 5.74) is 2.98. The smallest absolute Gasteiger partial charge is 0.335 e. The number of halogens is 1. The Morgan fingerprint density at radius 1 is 1.09 bits per heavy atom. The van der Waals surface area contributed by atoms with Crippen LogP contribution < -0.4 is 5.32 Å². The van der Waals surface area contributed by atoms with Crippen LogP contribution in [0.5, 0.6) is 0 Å². The van der Waals surface area contributed by atoms with Crippen molar-refractivity contribution < 1.29 is 19.1 Å². The van der Waals surface area contributed by atoms with E-state index in [9.17, 15) is 19.2 Å². The molecule has 6 nitrogen and oxygen atoms in total. The molecule has 3 aromatic carbocycles. The summed E-state index contributed by atoms with van der Waals surface area (Å²) in [7, 11) is 0. The molecule has 0 aliphatic carbocycles. The van der Waals surface area contributed by atoms with Gasteiger partial charge in [-0.25, -0.2) is 9.18 Å².